The molecule has 0 saturated carbocycles. The molecule has 16 heavy (non-hydrogen) atoms. The maximum Gasteiger partial charge on any atom is 0.134 e. The van der Waals surface area contributed by atoms with Gasteiger partial charge in [0.2, 0.25) is 0 Å². The average molecular weight is 217 g/mol. The fourth-order valence-electron chi connectivity index (χ4n) is 1.52. The standard InChI is InChI=1S/C13H15NO2/c1-9-2-4-10(5-3-9)12-6-7-13(16-12)11(14)8-15/h2-7,11,15H,8,14H2,1H3/t11-/m1/s1. The number of hydrogen-bond acceptors (Lipinski definition) is 3. The van der Waals surface area contributed by atoms with Crippen LogP contribution < -0.4 is 5.73 Å². The van der Waals surface area contributed by atoms with Gasteiger partial charge in [0, 0.05) is 5.56 Å². The molecule has 0 amide bonds. The zero-order valence-corrected chi connectivity index (χ0v) is 9.18. The Morgan fingerprint density at radius 1 is 1.19 bits per heavy atom. The molecule has 3 heteroatoms. The van der Waals surface area contributed by atoms with Gasteiger partial charge in [-0.2, -0.15) is 0 Å². The maximum atomic E-state index is 8.92. The molecule has 2 aromatic rings. The minimum Gasteiger partial charge on any atom is -0.459 e. The molecule has 1 heterocycles. The van der Waals surface area contributed by atoms with Gasteiger partial charge in [-0.1, -0.05) is 29.8 Å². The van der Waals surface area contributed by atoms with Crippen LogP contribution in [0.2, 0.25) is 0 Å². The van der Waals surface area contributed by atoms with Crippen molar-refractivity contribution < 1.29 is 9.52 Å². The Balaban J connectivity index is 2.28. The van der Waals surface area contributed by atoms with Gasteiger partial charge in [-0.25, -0.2) is 0 Å². The maximum absolute atomic E-state index is 8.92. The van der Waals surface area contributed by atoms with Crippen LogP contribution in [0.25, 0.3) is 11.3 Å². The van der Waals surface area contributed by atoms with Crippen LogP contribution in [0, 0.1) is 6.92 Å². The Bertz CT molecular complexity index is 459. The van der Waals surface area contributed by atoms with Crippen LogP contribution in [0.4, 0.5) is 0 Å². The van der Waals surface area contributed by atoms with Crippen molar-refractivity contribution in [2.24, 2.45) is 5.73 Å². The van der Waals surface area contributed by atoms with Crippen LogP contribution in [0.5, 0.6) is 0 Å². The van der Waals surface area contributed by atoms with E-state index in [0.29, 0.717) is 5.76 Å². The van der Waals surface area contributed by atoms with Gasteiger partial charge in [-0.3, -0.25) is 0 Å². The second-order valence-corrected chi connectivity index (χ2v) is 3.86. The minimum atomic E-state index is -0.445. The molecule has 0 radical (unpaired) electrons. The highest BCUT2D eigenvalue weighted by Gasteiger charge is 2.10. The Morgan fingerprint density at radius 3 is 2.50 bits per heavy atom. The third kappa shape index (κ3) is 2.15. The summed E-state index contributed by atoms with van der Waals surface area (Å²) in [5.74, 6) is 1.39. The number of hydrogen-bond donors (Lipinski definition) is 2. The van der Waals surface area contributed by atoms with E-state index in [2.05, 4.69) is 0 Å². The van der Waals surface area contributed by atoms with E-state index in [1.807, 2.05) is 37.3 Å². The van der Waals surface area contributed by atoms with Crippen LogP contribution in [-0.4, -0.2) is 11.7 Å². The van der Waals surface area contributed by atoms with Gasteiger partial charge in [0.1, 0.15) is 11.5 Å². The van der Waals surface area contributed by atoms with E-state index in [0.717, 1.165) is 11.3 Å². The first kappa shape index (κ1) is 10.9. The van der Waals surface area contributed by atoms with Crippen molar-refractivity contribution in [3.63, 3.8) is 0 Å². The van der Waals surface area contributed by atoms with Crippen molar-refractivity contribution >= 4 is 0 Å². The fraction of sp³-hybridized carbons (Fsp3) is 0.231. The molecule has 2 rings (SSSR count). The summed E-state index contributed by atoms with van der Waals surface area (Å²) in [7, 11) is 0. The van der Waals surface area contributed by atoms with Crippen molar-refractivity contribution in [1.82, 2.24) is 0 Å². The summed E-state index contributed by atoms with van der Waals surface area (Å²) in [6.07, 6.45) is 0. The number of aryl methyl sites for hydroxylation is 1. The second-order valence-electron chi connectivity index (χ2n) is 3.86. The SMILES string of the molecule is Cc1ccc(-c2ccc([C@H](N)CO)o2)cc1. The van der Waals surface area contributed by atoms with Gasteiger partial charge in [-0.15, -0.1) is 0 Å². The smallest absolute Gasteiger partial charge is 0.134 e. The topological polar surface area (TPSA) is 59.4 Å². The molecular formula is C13H15NO2. The Hall–Kier alpha value is -1.58. The Morgan fingerprint density at radius 2 is 1.88 bits per heavy atom. The van der Waals surface area contributed by atoms with Gasteiger partial charge < -0.3 is 15.3 Å². The van der Waals surface area contributed by atoms with E-state index < -0.39 is 6.04 Å². The van der Waals surface area contributed by atoms with Crippen molar-refractivity contribution in [2.45, 2.75) is 13.0 Å². The van der Waals surface area contributed by atoms with Gasteiger partial charge in [-0.05, 0) is 19.1 Å². The summed E-state index contributed by atoms with van der Waals surface area (Å²) < 4.78 is 5.58. The molecule has 3 N–H and O–H groups in total. The third-order valence-electron chi connectivity index (χ3n) is 2.53. The quantitative estimate of drug-likeness (QED) is 0.829. The molecule has 1 atom stereocenters. The van der Waals surface area contributed by atoms with E-state index >= 15 is 0 Å². The molecular weight excluding hydrogens is 202 g/mol. The number of rotatable bonds is 3. The van der Waals surface area contributed by atoms with Crippen molar-refractivity contribution in [2.75, 3.05) is 6.61 Å². The first-order valence-corrected chi connectivity index (χ1v) is 5.24. The first-order valence-electron chi connectivity index (χ1n) is 5.24. The van der Waals surface area contributed by atoms with E-state index in [4.69, 9.17) is 15.3 Å². The molecule has 0 aliphatic rings. The summed E-state index contributed by atoms with van der Waals surface area (Å²) in [4.78, 5) is 0. The summed E-state index contributed by atoms with van der Waals surface area (Å²) in [6.45, 7) is 1.93. The van der Waals surface area contributed by atoms with Gasteiger partial charge in [0.25, 0.3) is 0 Å². The summed E-state index contributed by atoms with van der Waals surface area (Å²) in [5.41, 5.74) is 7.89. The molecule has 3 nitrogen and oxygen atoms in total. The Kier molecular flexibility index (Phi) is 3.08. The molecule has 1 aromatic carbocycles. The number of aliphatic hydroxyl groups is 1. The third-order valence-corrected chi connectivity index (χ3v) is 2.53. The van der Waals surface area contributed by atoms with Crippen LogP contribution in [0.3, 0.4) is 0 Å². The van der Waals surface area contributed by atoms with Crippen molar-refractivity contribution in [3.05, 3.63) is 47.7 Å². The molecule has 0 aliphatic carbocycles. The van der Waals surface area contributed by atoms with E-state index in [-0.39, 0.29) is 6.61 Å². The van der Waals surface area contributed by atoms with Gasteiger partial charge in [0.05, 0.1) is 12.6 Å². The molecule has 0 aliphatic heterocycles. The van der Waals surface area contributed by atoms with Crippen molar-refractivity contribution in [3.8, 4) is 11.3 Å². The molecule has 0 spiro atoms. The largest absolute Gasteiger partial charge is 0.459 e. The lowest BCUT2D eigenvalue weighted by Crippen LogP contribution is -2.13. The van der Waals surface area contributed by atoms with E-state index in [1.165, 1.54) is 5.56 Å². The highest BCUT2D eigenvalue weighted by Crippen LogP contribution is 2.24. The van der Waals surface area contributed by atoms with Crippen molar-refractivity contribution in [1.29, 1.82) is 0 Å². The lowest BCUT2D eigenvalue weighted by Gasteiger charge is -2.03. The number of furan rings is 1. The van der Waals surface area contributed by atoms with Crippen LogP contribution in [0.1, 0.15) is 17.4 Å². The normalized spacial score (nSPS) is 12.7. The monoisotopic (exact) mass is 217 g/mol. The lowest BCUT2D eigenvalue weighted by atomic mass is 10.1. The van der Waals surface area contributed by atoms with Gasteiger partial charge in [0.15, 0.2) is 0 Å². The first-order chi connectivity index (χ1) is 7.70. The lowest BCUT2D eigenvalue weighted by molar-refractivity contribution is 0.252. The number of benzene rings is 1. The number of nitrogens with two attached hydrogens (primary N) is 1. The Labute approximate surface area is 94.5 Å². The molecule has 0 unspecified atom stereocenters. The highest BCUT2D eigenvalue weighted by molar-refractivity contribution is 5.57. The van der Waals surface area contributed by atoms with Gasteiger partial charge >= 0.3 is 0 Å². The predicted molar refractivity (Wildman–Crippen MR) is 62.9 cm³/mol. The number of aliphatic hydroxyl groups excluding tert-OH is 1. The zero-order chi connectivity index (χ0) is 11.5. The molecule has 0 bridgehead atoms. The zero-order valence-electron chi connectivity index (χ0n) is 9.18. The molecule has 1 aromatic heterocycles. The van der Waals surface area contributed by atoms with E-state index in [9.17, 15) is 0 Å². The fourth-order valence-corrected chi connectivity index (χ4v) is 1.52. The molecule has 0 fully saturated rings. The van der Waals surface area contributed by atoms with Crippen LogP contribution in [-0.2, 0) is 0 Å². The second kappa shape index (κ2) is 4.51. The summed E-state index contributed by atoms with van der Waals surface area (Å²) >= 11 is 0. The predicted octanol–water partition coefficient (Wildman–Crippen LogP) is 2.25. The average Bonchev–Trinajstić information content (AvgIpc) is 2.78. The summed E-state index contributed by atoms with van der Waals surface area (Å²) in [6, 6.07) is 11.3. The highest BCUT2D eigenvalue weighted by atomic mass is 16.3. The minimum absolute atomic E-state index is 0.110. The van der Waals surface area contributed by atoms with Crippen LogP contribution in [0.15, 0.2) is 40.8 Å². The molecule has 0 saturated heterocycles. The summed E-state index contributed by atoms with van der Waals surface area (Å²) in [5, 5.41) is 8.92. The van der Waals surface area contributed by atoms with Crippen LogP contribution >= 0.6 is 0 Å². The molecule has 84 valence electrons. The van der Waals surface area contributed by atoms with E-state index in [1.54, 1.807) is 6.07 Å².